The van der Waals surface area contributed by atoms with Gasteiger partial charge in [0, 0.05) is 24.7 Å². The SMILES string of the molecule is CC[C@@H](C)NC(=O)[C@H](CC)N(Cc1cccc(C)c1)C(=O)CN(c1ccc([N+](=O)[O-])cc1)S(=O)(=O)c1ccccc1. The third-order valence-electron chi connectivity index (χ3n) is 6.78. The third kappa shape index (κ3) is 7.91. The van der Waals surface area contributed by atoms with Gasteiger partial charge in [-0.05, 0) is 56.5 Å². The van der Waals surface area contributed by atoms with Crippen LogP contribution in [-0.2, 0) is 26.2 Å². The minimum Gasteiger partial charge on any atom is -0.352 e. The Hall–Kier alpha value is -4.25. The second-order valence-corrected chi connectivity index (χ2v) is 11.7. The first-order valence-electron chi connectivity index (χ1n) is 13.5. The second-order valence-electron chi connectivity index (χ2n) is 9.85. The topological polar surface area (TPSA) is 130 Å². The van der Waals surface area contributed by atoms with Crippen LogP contribution in [0.3, 0.4) is 0 Å². The number of aryl methyl sites for hydroxylation is 1. The van der Waals surface area contributed by atoms with E-state index >= 15 is 0 Å². The Balaban J connectivity index is 2.07. The molecule has 1 N–H and O–H groups in total. The lowest BCUT2D eigenvalue weighted by Gasteiger charge is -2.33. The van der Waals surface area contributed by atoms with E-state index in [2.05, 4.69) is 5.32 Å². The van der Waals surface area contributed by atoms with Crippen LogP contribution in [0.25, 0.3) is 0 Å². The Bertz CT molecular complexity index is 1460. The molecule has 0 aliphatic rings. The van der Waals surface area contributed by atoms with Crippen molar-refractivity contribution in [2.45, 2.75) is 64.1 Å². The predicted octanol–water partition coefficient (Wildman–Crippen LogP) is 4.82. The molecule has 218 valence electrons. The van der Waals surface area contributed by atoms with Gasteiger partial charge in [-0.2, -0.15) is 0 Å². The summed E-state index contributed by atoms with van der Waals surface area (Å²) in [4.78, 5) is 39.4. The molecule has 3 aromatic carbocycles. The highest BCUT2D eigenvalue weighted by atomic mass is 32.2. The van der Waals surface area contributed by atoms with Crippen molar-refractivity contribution in [3.05, 3.63) is 100 Å². The number of sulfonamides is 1. The summed E-state index contributed by atoms with van der Waals surface area (Å²) in [5, 5.41) is 14.2. The lowest BCUT2D eigenvalue weighted by Crippen LogP contribution is -2.53. The fraction of sp³-hybridized carbons (Fsp3) is 0.333. The van der Waals surface area contributed by atoms with Gasteiger partial charge in [0.25, 0.3) is 15.7 Å². The van der Waals surface area contributed by atoms with Gasteiger partial charge in [-0.15, -0.1) is 0 Å². The average Bonchev–Trinajstić information content (AvgIpc) is 2.96. The molecule has 0 aliphatic heterocycles. The number of hydrogen-bond acceptors (Lipinski definition) is 6. The van der Waals surface area contributed by atoms with Gasteiger partial charge in [0.15, 0.2) is 0 Å². The van der Waals surface area contributed by atoms with Crippen LogP contribution in [0.2, 0.25) is 0 Å². The van der Waals surface area contributed by atoms with Crippen LogP contribution in [0.1, 0.15) is 44.7 Å². The highest BCUT2D eigenvalue weighted by molar-refractivity contribution is 7.92. The number of amides is 2. The quantitative estimate of drug-likeness (QED) is 0.228. The van der Waals surface area contributed by atoms with Crippen LogP contribution >= 0.6 is 0 Å². The first kappa shape index (κ1) is 31.3. The predicted molar refractivity (Wildman–Crippen MR) is 158 cm³/mol. The number of non-ortho nitro benzene ring substituents is 1. The van der Waals surface area contributed by atoms with Crippen molar-refractivity contribution in [2.75, 3.05) is 10.8 Å². The maximum Gasteiger partial charge on any atom is 0.269 e. The fourth-order valence-corrected chi connectivity index (χ4v) is 5.79. The standard InChI is InChI=1S/C30H36N4O6S/c1-5-23(4)31-30(36)28(6-2)32(20-24-12-10-11-22(3)19-24)29(35)21-33(25-15-17-26(18-16-25)34(37)38)41(39,40)27-13-8-7-9-14-27/h7-19,23,28H,5-6,20-21H2,1-4H3,(H,31,36)/t23-,28+/m1/s1. The normalized spacial score (nSPS) is 12.7. The first-order chi connectivity index (χ1) is 19.5. The summed E-state index contributed by atoms with van der Waals surface area (Å²) in [7, 11) is -4.26. The Morgan fingerprint density at radius 2 is 1.61 bits per heavy atom. The van der Waals surface area contributed by atoms with Gasteiger partial charge < -0.3 is 10.2 Å². The number of rotatable bonds is 13. The zero-order chi connectivity index (χ0) is 30.2. The minimum atomic E-state index is -4.26. The van der Waals surface area contributed by atoms with Crippen LogP contribution in [0.15, 0.2) is 83.8 Å². The van der Waals surface area contributed by atoms with Crippen LogP contribution in [0.4, 0.5) is 11.4 Å². The van der Waals surface area contributed by atoms with E-state index in [-0.39, 0.29) is 34.8 Å². The number of nitro benzene ring substituents is 1. The lowest BCUT2D eigenvalue weighted by molar-refractivity contribution is -0.384. The highest BCUT2D eigenvalue weighted by Gasteiger charge is 2.34. The van der Waals surface area contributed by atoms with E-state index in [4.69, 9.17) is 0 Å². The van der Waals surface area contributed by atoms with Crippen LogP contribution in [-0.4, -0.2) is 48.7 Å². The van der Waals surface area contributed by atoms with Crippen LogP contribution in [0, 0.1) is 17.0 Å². The monoisotopic (exact) mass is 580 g/mol. The molecule has 0 heterocycles. The summed E-state index contributed by atoms with van der Waals surface area (Å²) in [6, 6.07) is 19.2. The number of nitrogens with zero attached hydrogens (tertiary/aromatic N) is 3. The average molecular weight is 581 g/mol. The van der Waals surface area contributed by atoms with Crippen LogP contribution in [0.5, 0.6) is 0 Å². The third-order valence-corrected chi connectivity index (χ3v) is 8.57. The first-order valence-corrected chi connectivity index (χ1v) is 14.9. The summed E-state index contributed by atoms with van der Waals surface area (Å²) >= 11 is 0. The maximum absolute atomic E-state index is 14.1. The largest absolute Gasteiger partial charge is 0.352 e. The van der Waals surface area contributed by atoms with E-state index < -0.39 is 33.4 Å². The van der Waals surface area contributed by atoms with E-state index in [1.54, 1.807) is 25.1 Å². The van der Waals surface area contributed by atoms with Gasteiger partial charge in [-0.25, -0.2) is 8.42 Å². The Morgan fingerprint density at radius 1 is 0.951 bits per heavy atom. The van der Waals surface area contributed by atoms with Crippen LogP contribution < -0.4 is 9.62 Å². The van der Waals surface area contributed by atoms with E-state index in [1.165, 1.54) is 41.3 Å². The number of nitro groups is 1. The zero-order valence-corrected chi connectivity index (χ0v) is 24.5. The van der Waals surface area contributed by atoms with Crippen molar-refractivity contribution < 1.29 is 22.9 Å². The number of carbonyl (C=O) groups excluding carboxylic acids is 2. The molecular formula is C30H36N4O6S. The molecule has 11 heteroatoms. The van der Waals surface area contributed by atoms with Crippen molar-refractivity contribution in [1.29, 1.82) is 0 Å². The molecule has 2 amide bonds. The molecule has 0 unspecified atom stereocenters. The molecule has 0 bridgehead atoms. The van der Waals surface area contributed by atoms with E-state index in [0.717, 1.165) is 15.4 Å². The minimum absolute atomic E-state index is 0.0436. The molecule has 0 radical (unpaired) electrons. The fourth-order valence-electron chi connectivity index (χ4n) is 4.36. The Labute approximate surface area is 241 Å². The van der Waals surface area contributed by atoms with Crippen molar-refractivity contribution >= 4 is 33.2 Å². The smallest absolute Gasteiger partial charge is 0.269 e. The molecule has 3 rings (SSSR count). The summed E-state index contributed by atoms with van der Waals surface area (Å²) in [6.07, 6.45) is 1.01. The number of anilines is 1. The molecule has 41 heavy (non-hydrogen) atoms. The van der Waals surface area contributed by atoms with Crippen molar-refractivity contribution in [3.63, 3.8) is 0 Å². The molecule has 0 saturated carbocycles. The van der Waals surface area contributed by atoms with Gasteiger partial charge in [-0.3, -0.25) is 24.0 Å². The molecule has 10 nitrogen and oxygen atoms in total. The lowest BCUT2D eigenvalue weighted by atomic mass is 10.1. The molecule has 3 aromatic rings. The number of carbonyl (C=O) groups is 2. The van der Waals surface area contributed by atoms with E-state index in [9.17, 15) is 28.1 Å². The number of hydrogen-bond donors (Lipinski definition) is 1. The molecule has 0 fully saturated rings. The summed E-state index contributed by atoms with van der Waals surface area (Å²) < 4.78 is 28.6. The molecular weight excluding hydrogens is 544 g/mol. The van der Waals surface area contributed by atoms with Gasteiger partial charge in [0.2, 0.25) is 11.8 Å². The van der Waals surface area contributed by atoms with Gasteiger partial charge in [0.1, 0.15) is 12.6 Å². The second kappa shape index (κ2) is 13.9. The highest BCUT2D eigenvalue weighted by Crippen LogP contribution is 2.27. The molecule has 0 aliphatic carbocycles. The molecule has 2 atom stereocenters. The maximum atomic E-state index is 14.1. The number of benzene rings is 3. The summed E-state index contributed by atoms with van der Waals surface area (Å²) in [5.41, 5.74) is 1.64. The molecule has 0 spiro atoms. The van der Waals surface area contributed by atoms with Crippen molar-refractivity contribution in [1.82, 2.24) is 10.2 Å². The van der Waals surface area contributed by atoms with Gasteiger partial charge >= 0.3 is 0 Å². The molecule has 0 aromatic heterocycles. The van der Waals surface area contributed by atoms with Crippen molar-refractivity contribution in [3.8, 4) is 0 Å². The summed E-state index contributed by atoms with van der Waals surface area (Å²) in [6.45, 7) is 7.01. The van der Waals surface area contributed by atoms with Gasteiger partial charge in [-0.1, -0.05) is 61.9 Å². The summed E-state index contributed by atoms with van der Waals surface area (Å²) in [5.74, 6) is -0.911. The number of nitrogens with one attached hydrogen (secondary N) is 1. The van der Waals surface area contributed by atoms with Gasteiger partial charge in [0.05, 0.1) is 15.5 Å². The zero-order valence-electron chi connectivity index (χ0n) is 23.7. The van der Waals surface area contributed by atoms with E-state index in [0.29, 0.717) is 12.8 Å². The Morgan fingerprint density at radius 3 is 2.17 bits per heavy atom. The van der Waals surface area contributed by atoms with Crippen molar-refractivity contribution in [2.24, 2.45) is 0 Å². The Kier molecular flexibility index (Phi) is 10.6. The molecule has 0 saturated heterocycles. The van der Waals surface area contributed by atoms with E-state index in [1.807, 2.05) is 45.0 Å².